The molecule has 0 aromatic carbocycles. The normalized spacial score (nSPS) is 15.4. The van der Waals surface area contributed by atoms with Crippen molar-refractivity contribution in [1.82, 2.24) is 15.1 Å². The summed E-state index contributed by atoms with van der Waals surface area (Å²) in [5.41, 5.74) is 6.52. The summed E-state index contributed by atoms with van der Waals surface area (Å²) in [6.07, 6.45) is 3.94. The first-order valence-corrected chi connectivity index (χ1v) is 5.69. The van der Waals surface area contributed by atoms with Crippen LogP contribution in [0.4, 0.5) is 5.69 Å². The fourth-order valence-corrected chi connectivity index (χ4v) is 1.72. The third-order valence-corrected chi connectivity index (χ3v) is 2.92. The first kappa shape index (κ1) is 11.0. The zero-order chi connectivity index (χ0) is 11.7. The van der Waals surface area contributed by atoms with Crippen molar-refractivity contribution in [2.75, 3.05) is 12.3 Å². The quantitative estimate of drug-likeness (QED) is 0.805. The number of anilines is 1. The fraction of sp³-hybridized carbons (Fsp3) is 0.636. The lowest BCUT2D eigenvalue weighted by atomic mass is 10.2. The molecule has 1 aromatic rings. The predicted molar refractivity (Wildman–Crippen MR) is 61.9 cm³/mol. The first-order valence-electron chi connectivity index (χ1n) is 5.69. The number of nitrogens with two attached hydrogens (primary N) is 1. The van der Waals surface area contributed by atoms with Gasteiger partial charge in [0.05, 0.1) is 11.9 Å². The number of nitrogen functional groups attached to an aromatic ring is 1. The van der Waals surface area contributed by atoms with Crippen molar-refractivity contribution in [3.05, 3.63) is 11.9 Å². The number of rotatable bonds is 4. The van der Waals surface area contributed by atoms with Crippen molar-refractivity contribution in [1.29, 1.82) is 0 Å². The largest absolute Gasteiger partial charge is 0.396 e. The van der Waals surface area contributed by atoms with Crippen molar-refractivity contribution in [2.45, 2.75) is 32.7 Å². The molecule has 0 atom stereocenters. The molecular weight excluding hydrogens is 204 g/mol. The molecule has 2 rings (SSSR count). The highest BCUT2D eigenvalue weighted by atomic mass is 16.2. The smallest absolute Gasteiger partial charge is 0.274 e. The second-order valence-corrected chi connectivity index (χ2v) is 4.69. The summed E-state index contributed by atoms with van der Waals surface area (Å²) in [7, 11) is 0. The Kier molecular flexibility index (Phi) is 2.85. The van der Waals surface area contributed by atoms with Crippen LogP contribution in [0, 0.1) is 5.92 Å². The van der Waals surface area contributed by atoms with E-state index in [9.17, 15) is 4.79 Å². The number of carbonyl (C=O) groups is 1. The highest BCUT2D eigenvalue weighted by Crippen LogP contribution is 2.30. The second-order valence-electron chi connectivity index (χ2n) is 4.69. The first-order chi connectivity index (χ1) is 7.59. The Morgan fingerprint density at radius 1 is 1.69 bits per heavy atom. The van der Waals surface area contributed by atoms with Crippen molar-refractivity contribution in [2.24, 2.45) is 5.92 Å². The van der Waals surface area contributed by atoms with Crippen LogP contribution < -0.4 is 5.73 Å². The van der Waals surface area contributed by atoms with Crippen LogP contribution in [0.3, 0.4) is 0 Å². The molecule has 0 radical (unpaired) electrons. The van der Waals surface area contributed by atoms with Gasteiger partial charge in [0.1, 0.15) is 5.69 Å². The van der Waals surface area contributed by atoms with Crippen LogP contribution in [0.1, 0.15) is 37.2 Å². The van der Waals surface area contributed by atoms with Crippen molar-refractivity contribution in [3.63, 3.8) is 0 Å². The monoisotopic (exact) mass is 222 g/mol. The molecule has 16 heavy (non-hydrogen) atoms. The molecule has 0 aliphatic heterocycles. The van der Waals surface area contributed by atoms with E-state index >= 15 is 0 Å². The van der Waals surface area contributed by atoms with E-state index in [4.69, 9.17) is 5.73 Å². The Morgan fingerprint density at radius 3 is 2.81 bits per heavy atom. The van der Waals surface area contributed by atoms with E-state index in [1.54, 1.807) is 0 Å². The molecule has 5 nitrogen and oxygen atoms in total. The Labute approximate surface area is 95.0 Å². The molecule has 1 saturated carbocycles. The van der Waals surface area contributed by atoms with Crippen LogP contribution in [-0.4, -0.2) is 33.6 Å². The van der Waals surface area contributed by atoms with Gasteiger partial charge in [0.25, 0.3) is 5.91 Å². The summed E-state index contributed by atoms with van der Waals surface area (Å²) >= 11 is 0. The number of H-pyrrole nitrogens is 1. The Bertz CT molecular complexity index is 381. The zero-order valence-corrected chi connectivity index (χ0v) is 9.73. The topological polar surface area (TPSA) is 75.0 Å². The number of carbonyl (C=O) groups excluding carboxylic acids is 1. The molecule has 0 bridgehead atoms. The molecule has 0 spiro atoms. The van der Waals surface area contributed by atoms with Crippen molar-refractivity contribution < 1.29 is 4.79 Å². The van der Waals surface area contributed by atoms with Crippen LogP contribution in [0.15, 0.2) is 6.20 Å². The van der Waals surface area contributed by atoms with Crippen LogP contribution in [0.5, 0.6) is 0 Å². The summed E-state index contributed by atoms with van der Waals surface area (Å²) in [4.78, 5) is 14.1. The van der Waals surface area contributed by atoms with E-state index in [1.165, 1.54) is 19.0 Å². The number of nitrogens with one attached hydrogen (secondary N) is 1. The maximum atomic E-state index is 12.2. The van der Waals surface area contributed by atoms with Crippen LogP contribution in [0.2, 0.25) is 0 Å². The number of aromatic nitrogens is 2. The van der Waals surface area contributed by atoms with E-state index in [2.05, 4.69) is 10.2 Å². The highest BCUT2D eigenvalue weighted by Gasteiger charge is 2.29. The Balaban J connectivity index is 2.13. The minimum Gasteiger partial charge on any atom is -0.396 e. The van der Waals surface area contributed by atoms with E-state index in [-0.39, 0.29) is 11.9 Å². The van der Waals surface area contributed by atoms with E-state index < -0.39 is 0 Å². The standard InChI is InChI=1S/C11H18N4O/c1-7(2)15(6-8-3-4-8)11(16)10-9(12)5-13-14-10/h5,7-8H,3-4,6,12H2,1-2H3,(H,13,14). The maximum Gasteiger partial charge on any atom is 0.274 e. The third-order valence-electron chi connectivity index (χ3n) is 2.92. The molecule has 3 N–H and O–H groups in total. The van der Waals surface area contributed by atoms with Gasteiger partial charge >= 0.3 is 0 Å². The molecule has 1 aliphatic rings. The summed E-state index contributed by atoms with van der Waals surface area (Å²) in [6.45, 7) is 4.87. The molecule has 1 fully saturated rings. The number of amides is 1. The van der Waals surface area contributed by atoms with Gasteiger partial charge < -0.3 is 10.6 Å². The van der Waals surface area contributed by atoms with E-state index in [0.717, 1.165) is 6.54 Å². The van der Waals surface area contributed by atoms with Gasteiger partial charge in [-0.1, -0.05) is 0 Å². The molecule has 0 unspecified atom stereocenters. The number of hydrogen-bond donors (Lipinski definition) is 2. The van der Waals surface area contributed by atoms with Crippen molar-refractivity contribution >= 4 is 11.6 Å². The zero-order valence-electron chi connectivity index (χ0n) is 9.73. The number of hydrogen-bond acceptors (Lipinski definition) is 3. The summed E-state index contributed by atoms with van der Waals surface area (Å²) in [6, 6.07) is 0.191. The third kappa shape index (κ3) is 2.18. The predicted octanol–water partition coefficient (Wildman–Crippen LogP) is 1.25. The molecule has 1 heterocycles. The SMILES string of the molecule is CC(C)N(CC1CC1)C(=O)c1[nH]ncc1N. The van der Waals surface area contributed by atoms with Gasteiger partial charge in [-0.2, -0.15) is 5.10 Å². The van der Waals surface area contributed by atoms with Crippen LogP contribution >= 0.6 is 0 Å². The molecule has 1 aromatic heterocycles. The summed E-state index contributed by atoms with van der Waals surface area (Å²) in [5, 5.41) is 6.45. The molecular formula is C11H18N4O. The Hall–Kier alpha value is -1.52. The number of nitrogens with zero attached hydrogens (tertiary/aromatic N) is 2. The van der Waals surface area contributed by atoms with Gasteiger partial charge in [0.15, 0.2) is 0 Å². The van der Waals surface area contributed by atoms with Gasteiger partial charge in [-0.05, 0) is 32.6 Å². The van der Waals surface area contributed by atoms with E-state index in [0.29, 0.717) is 17.3 Å². The summed E-state index contributed by atoms with van der Waals surface area (Å²) in [5.74, 6) is 0.632. The summed E-state index contributed by atoms with van der Waals surface area (Å²) < 4.78 is 0. The second kappa shape index (κ2) is 4.15. The minimum atomic E-state index is -0.0445. The fourth-order valence-electron chi connectivity index (χ4n) is 1.72. The number of aromatic amines is 1. The molecule has 88 valence electrons. The van der Waals surface area contributed by atoms with Gasteiger partial charge in [-0.15, -0.1) is 0 Å². The van der Waals surface area contributed by atoms with E-state index in [1.807, 2.05) is 18.7 Å². The maximum absolute atomic E-state index is 12.2. The van der Waals surface area contributed by atoms with Gasteiger partial charge in [-0.25, -0.2) is 0 Å². The molecule has 0 saturated heterocycles. The molecule has 1 aliphatic carbocycles. The molecule has 5 heteroatoms. The minimum absolute atomic E-state index is 0.0445. The average molecular weight is 222 g/mol. The highest BCUT2D eigenvalue weighted by molar-refractivity contribution is 5.97. The van der Waals surface area contributed by atoms with Gasteiger partial charge in [-0.3, -0.25) is 9.89 Å². The van der Waals surface area contributed by atoms with Crippen molar-refractivity contribution in [3.8, 4) is 0 Å². The lowest BCUT2D eigenvalue weighted by Crippen LogP contribution is -2.39. The lowest BCUT2D eigenvalue weighted by Gasteiger charge is -2.26. The average Bonchev–Trinajstić information content (AvgIpc) is 2.95. The lowest BCUT2D eigenvalue weighted by molar-refractivity contribution is 0.0691. The molecule has 1 amide bonds. The van der Waals surface area contributed by atoms with Gasteiger partial charge in [0, 0.05) is 12.6 Å². The van der Waals surface area contributed by atoms with Crippen LogP contribution in [0.25, 0.3) is 0 Å². The van der Waals surface area contributed by atoms with Crippen LogP contribution in [-0.2, 0) is 0 Å². The van der Waals surface area contributed by atoms with Gasteiger partial charge in [0.2, 0.25) is 0 Å². The Morgan fingerprint density at radius 2 is 2.38 bits per heavy atom.